The van der Waals surface area contributed by atoms with Crippen LogP contribution in [0.5, 0.6) is 0 Å². The number of nitrogens with zero attached hydrogens (tertiary/aromatic N) is 2. The Kier molecular flexibility index (Phi) is 4.53. The molecule has 0 unspecified atom stereocenters. The first-order valence-corrected chi connectivity index (χ1v) is 5.62. The smallest absolute Gasteiger partial charge is 0.321 e. The minimum absolute atomic E-state index is 0.214. The summed E-state index contributed by atoms with van der Waals surface area (Å²) in [5.74, 6) is -0.849. The van der Waals surface area contributed by atoms with Crippen molar-refractivity contribution in [3.05, 3.63) is 29.3 Å². The van der Waals surface area contributed by atoms with E-state index in [2.05, 4.69) is 0 Å². The third-order valence-electron chi connectivity index (χ3n) is 1.98. The van der Waals surface area contributed by atoms with Crippen molar-refractivity contribution in [2.24, 2.45) is 5.73 Å². The fraction of sp³-hybridized carbons (Fsp3) is 0.182. The predicted molar refractivity (Wildman–Crippen MR) is 62.2 cm³/mol. The normalized spacial score (nSPS) is 11.2. The van der Waals surface area contributed by atoms with Crippen LogP contribution in [0.25, 0.3) is 0 Å². The second-order valence-electron chi connectivity index (χ2n) is 3.19. The van der Waals surface area contributed by atoms with E-state index < -0.39 is 12.0 Å². The molecule has 0 radical (unpaired) electrons. The number of carboxylic acids is 1. The van der Waals surface area contributed by atoms with Crippen LogP contribution in [-0.4, -0.2) is 22.9 Å². The van der Waals surface area contributed by atoms with Crippen LogP contribution in [0.15, 0.2) is 23.1 Å². The highest BCUT2D eigenvalue weighted by atomic mass is 32.2. The molecule has 0 aromatic heterocycles. The van der Waals surface area contributed by atoms with E-state index >= 15 is 0 Å². The number of carboxylic acid groups (broad SMARTS) is 1. The monoisotopic (exact) mass is 247 g/mol. The number of thioether (sulfide) groups is 1. The van der Waals surface area contributed by atoms with Gasteiger partial charge < -0.3 is 10.8 Å². The summed E-state index contributed by atoms with van der Waals surface area (Å²) < 4.78 is 0. The molecule has 0 spiro atoms. The molecule has 17 heavy (non-hydrogen) atoms. The summed E-state index contributed by atoms with van der Waals surface area (Å²) in [4.78, 5) is 11.2. The summed E-state index contributed by atoms with van der Waals surface area (Å²) in [6.07, 6.45) is 0. The van der Waals surface area contributed by atoms with Crippen molar-refractivity contribution >= 4 is 17.7 Å². The molecule has 0 fully saturated rings. The van der Waals surface area contributed by atoms with Gasteiger partial charge in [0.25, 0.3) is 0 Å². The summed E-state index contributed by atoms with van der Waals surface area (Å²) in [6.45, 7) is 0. The van der Waals surface area contributed by atoms with Gasteiger partial charge in [-0.15, -0.1) is 11.8 Å². The van der Waals surface area contributed by atoms with Gasteiger partial charge in [0.15, 0.2) is 0 Å². The molecule has 6 heteroatoms. The molecule has 0 saturated carbocycles. The van der Waals surface area contributed by atoms with Gasteiger partial charge in [0.05, 0.1) is 11.1 Å². The van der Waals surface area contributed by atoms with Gasteiger partial charge in [-0.3, -0.25) is 4.79 Å². The molecule has 0 heterocycles. The third kappa shape index (κ3) is 3.49. The fourth-order valence-electron chi connectivity index (χ4n) is 1.06. The van der Waals surface area contributed by atoms with Crippen LogP contribution in [0.3, 0.4) is 0 Å². The van der Waals surface area contributed by atoms with Crippen LogP contribution in [0.1, 0.15) is 11.1 Å². The third-order valence-corrected chi connectivity index (χ3v) is 3.09. The van der Waals surface area contributed by atoms with Gasteiger partial charge in [0, 0.05) is 10.6 Å². The second kappa shape index (κ2) is 5.90. The van der Waals surface area contributed by atoms with E-state index in [1.54, 1.807) is 12.1 Å². The Balaban J connectivity index is 2.78. The number of aliphatic carboxylic acids is 1. The average molecular weight is 247 g/mol. The highest BCUT2D eigenvalue weighted by Crippen LogP contribution is 2.21. The Morgan fingerprint density at radius 2 is 2.06 bits per heavy atom. The summed E-state index contributed by atoms with van der Waals surface area (Å²) >= 11 is 1.24. The topological polar surface area (TPSA) is 111 Å². The molecule has 0 aliphatic heterocycles. The quantitative estimate of drug-likeness (QED) is 0.766. The van der Waals surface area contributed by atoms with Crippen LogP contribution in [0, 0.1) is 22.7 Å². The first kappa shape index (κ1) is 13.0. The largest absolute Gasteiger partial charge is 0.480 e. The van der Waals surface area contributed by atoms with E-state index in [9.17, 15) is 4.79 Å². The molecule has 5 nitrogen and oxygen atoms in total. The van der Waals surface area contributed by atoms with E-state index in [-0.39, 0.29) is 11.3 Å². The minimum Gasteiger partial charge on any atom is -0.480 e. The molecule has 0 bridgehead atoms. The molecule has 0 aliphatic carbocycles. The maximum Gasteiger partial charge on any atom is 0.321 e. The molecule has 0 amide bonds. The number of rotatable bonds is 4. The lowest BCUT2D eigenvalue weighted by Crippen LogP contribution is -2.32. The van der Waals surface area contributed by atoms with Gasteiger partial charge in [0.1, 0.15) is 18.2 Å². The molecule has 3 N–H and O–H groups in total. The molecule has 1 rings (SSSR count). The summed E-state index contributed by atoms with van der Waals surface area (Å²) in [5, 5.41) is 26.1. The highest BCUT2D eigenvalue weighted by Gasteiger charge is 2.12. The zero-order valence-corrected chi connectivity index (χ0v) is 9.57. The lowest BCUT2D eigenvalue weighted by atomic mass is 10.1. The molecule has 1 aromatic carbocycles. The minimum atomic E-state index is -1.06. The fourth-order valence-corrected chi connectivity index (χ4v) is 1.94. The van der Waals surface area contributed by atoms with Crippen molar-refractivity contribution in [3.63, 3.8) is 0 Å². The Hall–Kier alpha value is -2.02. The van der Waals surface area contributed by atoms with Crippen molar-refractivity contribution in [2.45, 2.75) is 10.9 Å². The number of hydrogen-bond donors (Lipinski definition) is 2. The number of nitrogens with two attached hydrogens (primary N) is 1. The van der Waals surface area contributed by atoms with Crippen molar-refractivity contribution in [3.8, 4) is 12.1 Å². The van der Waals surface area contributed by atoms with Gasteiger partial charge in [-0.1, -0.05) is 0 Å². The lowest BCUT2D eigenvalue weighted by molar-refractivity contribution is -0.137. The van der Waals surface area contributed by atoms with E-state index in [4.69, 9.17) is 21.4 Å². The van der Waals surface area contributed by atoms with Gasteiger partial charge in [0.2, 0.25) is 0 Å². The first-order chi connectivity index (χ1) is 8.08. The molecule has 86 valence electrons. The Morgan fingerprint density at radius 3 is 2.59 bits per heavy atom. The lowest BCUT2D eigenvalue weighted by Gasteiger charge is -2.06. The maximum atomic E-state index is 10.5. The molecule has 1 atom stereocenters. The van der Waals surface area contributed by atoms with Gasteiger partial charge in [-0.2, -0.15) is 10.5 Å². The number of hydrogen-bond acceptors (Lipinski definition) is 5. The molecular weight excluding hydrogens is 238 g/mol. The Bertz CT molecular complexity index is 516. The summed E-state index contributed by atoms with van der Waals surface area (Å²) in [5.41, 5.74) is 5.94. The maximum absolute atomic E-state index is 10.5. The van der Waals surface area contributed by atoms with Crippen LogP contribution < -0.4 is 5.73 Å². The van der Waals surface area contributed by atoms with Gasteiger partial charge >= 0.3 is 5.97 Å². The summed E-state index contributed by atoms with van der Waals surface area (Å²) in [7, 11) is 0. The molecular formula is C11H9N3O2S. The van der Waals surface area contributed by atoms with Gasteiger partial charge in [-0.25, -0.2) is 0 Å². The number of carbonyl (C=O) groups is 1. The van der Waals surface area contributed by atoms with E-state index in [1.165, 1.54) is 17.8 Å². The predicted octanol–water partition coefficient (Wildman–Crippen LogP) is 0.934. The van der Waals surface area contributed by atoms with E-state index in [0.717, 1.165) is 4.90 Å². The highest BCUT2D eigenvalue weighted by molar-refractivity contribution is 7.99. The van der Waals surface area contributed by atoms with Crippen molar-refractivity contribution in [1.82, 2.24) is 0 Å². The van der Waals surface area contributed by atoms with Crippen LogP contribution in [-0.2, 0) is 4.79 Å². The SMILES string of the molecule is N#Cc1ccc(SC[C@H](N)C(=O)O)cc1C#N. The van der Waals surface area contributed by atoms with Crippen molar-refractivity contribution < 1.29 is 9.90 Å². The summed E-state index contributed by atoms with van der Waals surface area (Å²) in [6, 6.07) is 7.63. The zero-order valence-electron chi connectivity index (χ0n) is 8.75. The standard InChI is InChI=1S/C11H9N3O2S/c12-4-7-1-2-9(3-8(7)5-13)17-6-10(14)11(15)16/h1-3,10H,6,14H2,(H,15,16)/t10-/m0/s1. The van der Waals surface area contributed by atoms with Crippen LogP contribution in [0.2, 0.25) is 0 Å². The van der Waals surface area contributed by atoms with E-state index in [0.29, 0.717) is 5.56 Å². The Morgan fingerprint density at radius 1 is 1.41 bits per heavy atom. The number of nitriles is 2. The zero-order chi connectivity index (χ0) is 12.8. The number of benzene rings is 1. The van der Waals surface area contributed by atoms with Crippen LogP contribution >= 0.6 is 11.8 Å². The molecule has 1 aromatic rings. The molecule has 0 saturated heterocycles. The molecule has 0 aliphatic rings. The second-order valence-corrected chi connectivity index (χ2v) is 4.28. The van der Waals surface area contributed by atoms with Crippen LogP contribution in [0.4, 0.5) is 0 Å². The van der Waals surface area contributed by atoms with Crippen molar-refractivity contribution in [1.29, 1.82) is 10.5 Å². The van der Waals surface area contributed by atoms with E-state index in [1.807, 2.05) is 12.1 Å². The van der Waals surface area contributed by atoms with Gasteiger partial charge in [-0.05, 0) is 18.2 Å². The van der Waals surface area contributed by atoms with Crippen molar-refractivity contribution in [2.75, 3.05) is 5.75 Å². The first-order valence-electron chi connectivity index (χ1n) is 4.64. The average Bonchev–Trinajstić information content (AvgIpc) is 2.35. The Labute approximate surface area is 102 Å².